The lowest BCUT2D eigenvalue weighted by Crippen LogP contribution is -2.46. The van der Waals surface area contributed by atoms with Crippen LogP contribution < -0.4 is 15.6 Å². The average Bonchev–Trinajstić information content (AvgIpc) is 2.84. The standard InChI is InChI=1S/C24H26N4O4S/c1-32-18-8-6-16(7-9-18)22(30)25-17-10-13-28(14-11-17)21(29)12-15-33-24-26-20-5-3-2-4-19(20)23(31)27-24/h2-9,17H,10-15H2,1H3,(H,25,30)(H,26,27,31). The Morgan fingerprint density at radius 2 is 1.88 bits per heavy atom. The Hall–Kier alpha value is -3.33. The maximum atomic E-state index is 12.6. The third-order valence-corrected chi connectivity index (χ3v) is 6.56. The molecule has 33 heavy (non-hydrogen) atoms. The zero-order chi connectivity index (χ0) is 23.2. The van der Waals surface area contributed by atoms with E-state index in [4.69, 9.17) is 4.74 Å². The highest BCUT2D eigenvalue weighted by molar-refractivity contribution is 7.99. The number of H-pyrrole nitrogens is 1. The molecule has 0 saturated carbocycles. The highest BCUT2D eigenvalue weighted by Gasteiger charge is 2.24. The topological polar surface area (TPSA) is 104 Å². The summed E-state index contributed by atoms with van der Waals surface area (Å²) in [6, 6.07) is 14.2. The smallest absolute Gasteiger partial charge is 0.259 e. The number of hydrogen-bond donors (Lipinski definition) is 2. The number of hydrogen-bond acceptors (Lipinski definition) is 6. The maximum absolute atomic E-state index is 12.6. The Morgan fingerprint density at radius 1 is 1.15 bits per heavy atom. The molecule has 2 amide bonds. The molecule has 1 saturated heterocycles. The van der Waals surface area contributed by atoms with E-state index in [1.807, 2.05) is 11.0 Å². The highest BCUT2D eigenvalue weighted by Crippen LogP contribution is 2.18. The summed E-state index contributed by atoms with van der Waals surface area (Å²) in [5.74, 6) is 1.20. The van der Waals surface area contributed by atoms with E-state index in [1.54, 1.807) is 49.6 Å². The van der Waals surface area contributed by atoms with Crippen LogP contribution in [0.3, 0.4) is 0 Å². The Balaban J connectivity index is 1.21. The van der Waals surface area contributed by atoms with Gasteiger partial charge in [-0.2, -0.15) is 0 Å². The van der Waals surface area contributed by atoms with Crippen LogP contribution in [0, 0.1) is 0 Å². The largest absolute Gasteiger partial charge is 0.497 e. The van der Waals surface area contributed by atoms with E-state index in [2.05, 4.69) is 15.3 Å². The van der Waals surface area contributed by atoms with Crippen LogP contribution in [0.25, 0.3) is 10.9 Å². The molecule has 0 bridgehead atoms. The van der Waals surface area contributed by atoms with E-state index in [0.29, 0.717) is 52.6 Å². The number of carbonyl (C=O) groups excluding carboxylic acids is 2. The van der Waals surface area contributed by atoms with Crippen molar-refractivity contribution >= 4 is 34.5 Å². The van der Waals surface area contributed by atoms with Gasteiger partial charge in [-0.25, -0.2) is 4.98 Å². The average molecular weight is 467 g/mol. The van der Waals surface area contributed by atoms with Gasteiger partial charge in [0.25, 0.3) is 11.5 Å². The lowest BCUT2D eigenvalue weighted by Gasteiger charge is -2.32. The molecule has 0 spiro atoms. The van der Waals surface area contributed by atoms with E-state index >= 15 is 0 Å². The molecule has 1 fully saturated rings. The summed E-state index contributed by atoms with van der Waals surface area (Å²) in [5, 5.41) is 4.13. The van der Waals surface area contributed by atoms with E-state index in [0.717, 1.165) is 12.8 Å². The Morgan fingerprint density at radius 3 is 2.61 bits per heavy atom. The number of para-hydroxylation sites is 1. The van der Waals surface area contributed by atoms with Gasteiger partial charge in [-0.3, -0.25) is 14.4 Å². The Labute approximate surface area is 195 Å². The third-order valence-electron chi connectivity index (χ3n) is 5.68. The minimum Gasteiger partial charge on any atom is -0.497 e. The van der Waals surface area contributed by atoms with Crippen LogP contribution in [0.4, 0.5) is 0 Å². The van der Waals surface area contributed by atoms with Crippen molar-refractivity contribution < 1.29 is 14.3 Å². The second kappa shape index (κ2) is 10.5. The number of aromatic nitrogens is 2. The molecule has 1 aliphatic rings. The molecule has 3 aromatic rings. The van der Waals surface area contributed by atoms with Crippen LogP contribution in [0.2, 0.25) is 0 Å². The highest BCUT2D eigenvalue weighted by atomic mass is 32.2. The number of thioether (sulfide) groups is 1. The van der Waals surface area contributed by atoms with Gasteiger partial charge in [0, 0.05) is 36.9 Å². The van der Waals surface area contributed by atoms with Gasteiger partial charge in [-0.1, -0.05) is 23.9 Å². The first-order valence-electron chi connectivity index (χ1n) is 10.9. The van der Waals surface area contributed by atoms with Crippen LogP contribution in [0.1, 0.15) is 29.6 Å². The van der Waals surface area contributed by atoms with Gasteiger partial charge in [0.2, 0.25) is 5.91 Å². The van der Waals surface area contributed by atoms with Gasteiger partial charge in [0.1, 0.15) is 5.75 Å². The summed E-state index contributed by atoms with van der Waals surface area (Å²) in [6.07, 6.45) is 1.81. The molecule has 0 radical (unpaired) electrons. The molecule has 2 N–H and O–H groups in total. The quantitative estimate of drug-likeness (QED) is 0.410. The molecule has 8 nitrogen and oxygen atoms in total. The monoisotopic (exact) mass is 466 g/mol. The van der Waals surface area contributed by atoms with Gasteiger partial charge >= 0.3 is 0 Å². The fourth-order valence-electron chi connectivity index (χ4n) is 3.81. The fraction of sp³-hybridized carbons (Fsp3) is 0.333. The number of nitrogens with one attached hydrogen (secondary N) is 2. The van der Waals surface area contributed by atoms with Crippen molar-refractivity contribution in [3.63, 3.8) is 0 Å². The molecule has 4 rings (SSSR count). The lowest BCUT2D eigenvalue weighted by molar-refractivity contribution is -0.131. The van der Waals surface area contributed by atoms with Gasteiger partial charge in [0.15, 0.2) is 5.16 Å². The van der Waals surface area contributed by atoms with Gasteiger partial charge in [-0.05, 0) is 49.2 Å². The molecule has 2 aromatic carbocycles. The molecule has 0 aliphatic carbocycles. The summed E-state index contributed by atoms with van der Waals surface area (Å²) < 4.78 is 5.12. The normalized spacial score (nSPS) is 14.3. The van der Waals surface area contributed by atoms with Crippen LogP contribution in [0.15, 0.2) is 58.5 Å². The predicted molar refractivity (Wildman–Crippen MR) is 128 cm³/mol. The molecule has 0 unspecified atom stereocenters. The summed E-state index contributed by atoms with van der Waals surface area (Å²) in [6.45, 7) is 1.23. The number of methoxy groups -OCH3 is 1. The summed E-state index contributed by atoms with van der Waals surface area (Å²) >= 11 is 1.37. The van der Waals surface area contributed by atoms with Crippen LogP contribution in [-0.2, 0) is 4.79 Å². The minimum atomic E-state index is -0.173. The number of carbonyl (C=O) groups is 2. The second-order valence-corrected chi connectivity index (χ2v) is 8.93. The molecular formula is C24H26N4O4S. The number of amides is 2. The van der Waals surface area contributed by atoms with E-state index in [-0.39, 0.29) is 23.4 Å². The van der Waals surface area contributed by atoms with Crippen molar-refractivity contribution in [1.82, 2.24) is 20.2 Å². The van der Waals surface area contributed by atoms with Crippen molar-refractivity contribution in [2.45, 2.75) is 30.5 Å². The predicted octanol–water partition coefficient (Wildman–Crippen LogP) is 2.83. The van der Waals surface area contributed by atoms with E-state index in [9.17, 15) is 14.4 Å². The Kier molecular flexibility index (Phi) is 7.29. The van der Waals surface area contributed by atoms with E-state index < -0.39 is 0 Å². The van der Waals surface area contributed by atoms with Crippen molar-refractivity contribution in [3.05, 3.63) is 64.4 Å². The molecule has 2 heterocycles. The SMILES string of the molecule is COc1ccc(C(=O)NC2CCN(C(=O)CCSc3nc4ccccc4c(=O)[nH]3)CC2)cc1. The number of nitrogens with zero attached hydrogens (tertiary/aromatic N) is 2. The first-order chi connectivity index (χ1) is 16.0. The number of aromatic amines is 1. The lowest BCUT2D eigenvalue weighted by atomic mass is 10.0. The zero-order valence-corrected chi connectivity index (χ0v) is 19.2. The number of piperidine rings is 1. The fourth-order valence-corrected chi connectivity index (χ4v) is 4.61. The summed E-state index contributed by atoms with van der Waals surface area (Å²) in [4.78, 5) is 46.3. The summed E-state index contributed by atoms with van der Waals surface area (Å²) in [5.41, 5.74) is 1.06. The molecular weight excluding hydrogens is 440 g/mol. The zero-order valence-electron chi connectivity index (χ0n) is 18.4. The number of fused-ring (bicyclic) bond motifs is 1. The van der Waals surface area contributed by atoms with Crippen LogP contribution in [-0.4, -0.2) is 58.7 Å². The second-order valence-electron chi connectivity index (χ2n) is 7.84. The molecule has 1 aliphatic heterocycles. The maximum Gasteiger partial charge on any atom is 0.259 e. The number of ether oxygens (including phenoxy) is 1. The molecule has 0 atom stereocenters. The number of likely N-dealkylation sites (tertiary alicyclic amines) is 1. The van der Waals surface area contributed by atoms with Crippen molar-refractivity contribution in [2.75, 3.05) is 26.0 Å². The summed E-state index contributed by atoms with van der Waals surface area (Å²) in [7, 11) is 1.59. The van der Waals surface area contributed by atoms with Crippen molar-refractivity contribution in [1.29, 1.82) is 0 Å². The van der Waals surface area contributed by atoms with Gasteiger partial charge < -0.3 is 19.9 Å². The first kappa shape index (κ1) is 22.8. The minimum absolute atomic E-state index is 0.0462. The van der Waals surface area contributed by atoms with Crippen molar-refractivity contribution in [3.8, 4) is 5.75 Å². The number of rotatable bonds is 7. The van der Waals surface area contributed by atoms with Gasteiger partial charge in [-0.15, -0.1) is 0 Å². The molecule has 1 aromatic heterocycles. The number of benzene rings is 2. The van der Waals surface area contributed by atoms with Crippen LogP contribution >= 0.6 is 11.8 Å². The van der Waals surface area contributed by atoms with Gasteiger partial charge in [0.05, 0.1) is 18.0 Å². The molecule has 172 valence electrons. The van der Waals surface area contributed by atoms with E-state index in [1.165, 1.54) is 11.8 Å². The van der Waals surface area contributed by atoms with Crippen molar-refractivity contribution in [2.24, 2.45) is 0 Å². The Bertz CT molecular complexity index is 1190. The van der Waals surface area contributed by atoms with Crippen LogP contribution in [0.5, 0.6) is 5.75 Å². The third kappa shape index (κ3) is 5.73. The first-order valence-corrected chi connectivity index (χ1v) is 11.9. The molecule has 9 heteroatoms.